The van der Waals surface area contributed by atoms with Gasteiger partial charge < -0.3 is 11.1 Å². The molecule has 0 fully saturated rings. The van der Waals surface area contributed by atoms with Gasteiger partial charge in [-0.15, -0.1) is 0 Å². The average Bonchev–Trinajstić information content (AvgIpc) is 2.46. The van der Waals surface area contributed by atoms with E-state index >= 15 is 0 Å². The Morgan fingerprint density at radius 3 is 2.92 bits per heavy atom. The molecule has 1 aliphatic heterocycles. The van der Waals surface area contributed by atoms with Gasteiger partial charge >= 0.3 is 0 Å². The predicted octanol–water partition coefficient (Wildman–Crippen LogP) is -0.607. The molecule has 0 radical (unpaired) electrons. The van der Waals surface area contributed by atoms with E-state index in [0.717, 1.165) is 5.69 Å². The van der Waals surface area contributed by atoms with Gasteiger partial charge in [-0.3, -0.25) is 14.7 Å². The van der Waals surface area contributed by atoms with E-state index in [2.05, 4.69) is 15.5 Å². The van der Waals surface area contributed by atoms with Crippen LogP contribution in [0.2, 0.25) is 0 Å². The van der Waals surface area contributed by atoms with Crippen molar-refractivity contribution >= 4 is 17.5 Å². The summed E-state index contributed by atoms with van der Waals surface area (Å²) in [6, 6.07) is 0. The maximum Gasteiger partial charge on any atom is 0.271 e. The monoisotopic (exact) mass is 180 g/mol. The molecule has 2 heterocycles. The van der Waals surface area contributed by atoms with E-state index in [1.165, 1.54) is 0 Å². The van der Waals surface area contributed by atoms with Crippen molar-refractivity contribution in [3.8, 4) is 0 Å². The summed E-state index contributed by atoms with van der Waals surface area (Å²) in [4.78, 5) is 21.8. The summed E-state index contributed by atoms with van der Waals surface area (Å²) in [5.74, 6) is -0.754. The number of aromatic nitrogens is 2. The standard InChI is InChI=1S/C7H8N4O2/c8-7(13)6-5-3(10-11-6)1-2-4(12)9-5/h1-2H2,(H2,8,13)(H,9,12)(H,10,11). The molecule has 6 heteroatoms. The highest BCUT2D eigenvalue weighted by Gasteiger charge is 2.23. The van der Waals surface area contributed by atoms with Gasteiger partial charge in [-0.25, -0.2) is 0 Å². The Balaban J connectivity index is 2.46. The van der Waals surface area contributed by atoms with Crippen LogP contribution in [-0.2, 0) is 11.2 Å². The number of aryl methyl sites for hydroxylation is 1. The Bertz CT molecular complexity index is 382. The van der Waals surface area contributed by atoms with E-state index in [9.17, 15) is 9.59 Å². The molecule has 0 atom stereocenters. The van der Waals surface area contributed by atoms with Gasteiger partial charge in [-0.1, -0.05) is 0 Å². The van der Waals surface area contributed by atoms with Crippen molar-refractivity contribution in [2.45, 2.75) is 12.8 Å². The summed E-state index contributed by atoms with van der Waals surface area (Å²) < 4.78 is 0. The number of primary amides is 1. The molecular formula is C7H8N4O2. The number of aromatic amines is 1. The fraction of sp³-hybridized carbons (Fsp3) is 0.286. The zero-order chi connectivity index (χ0) is 9.42. The van der Waals surface area contributed by atoms with Crippen LogP contribution in [0.1, 0.15) is 22.6 Å². The number of rotatable bonds is 1. The molecule has 6 nitrogen and oxygen atoms in total. The number of amides is 2. The van der Waals surface area contributed by atoms with Gasteiger partial charge in [0.05, 0.1) is 11.4 Å². The zero-order valence-corrected chi connectivity index (χ0v) is 6.76. The summed E-state index contributed by atoms with van der Waals surface area (Å²) in [6.45, 7) is 0. The van der Waals surface area contributed by atoms with E-state index in [-0.39, 0.29) is 11.6 Å². The van der Waals surface area contributed by atoms with Gasteiger partial charge in [0.2, 0.25) is 5.91 Å². The minimum absolute atomic E-state index is 0.100. The molecule has 0 spiro atoms. The maximum absolute atomic E-state index is 11.0. The molecule has 1 aliphatic rings. The topological polar surface area (TPSA) is 101 Å². The van der Waals surface area contributed by atoms with Gasteiger partial charge in [-0.05, 0) is 6.42 Å². The largest absolute Gasteiger partial charge is 0.364 e. The Morgan fingerprint density at radius 2 is 2.23 bits per heavy atom. The van der Waals surface area contributed by atoms with Crippen LogP contribution in [0.15, 0.2) is 0 Å². The molecule has 2 rings (SSSR count). The third-order valence-corrected chi connectivity index (χ3v) is 1.94. The molecule has 0 saturated heterocycles. The molecule has 0 saturated carbocycles. The van der Waals surface area contributed by atoms with Crippen LogP contribution in [0.3, 0.4) is 0 Å². The van der Waals surface area contributed by atoms with Crippen molar-refractivity contribution in [1.29, 1.82) is 0 Å². The van der Waals surface area contributed by atoms with E-state index in [1.807, 2.05) is 0 Å². The lowest BCUT2D eigenvalue weighted by Crippen LogP contribution is -2.21. The normalized spacial score (nSPS) is 14.9. The van der Waals surface area contributed by atoms with Crippen LogP contribution in [0.4, 0.5) is 5.69 Å². The third-order valence-electron chi connectivity index (χ3n) is 1.94. The fourth-order valence-corrected chi connectivity index (χ4v) is 1.31. The summed E-state index contributed by atoms with van der Waals surface area (Å²) in [7, 11) is 0. The van der Waals surface area contributed by atoms with Crippen molar-refractivity contribution in [2.75, 3.05) is 5.32 Å². The number of anilines is 1. The summed E-state index contributed by atoms with van der Waals surface area (Å²) in [5.41, 5.74) is 6.35. The molecule has 1 aromatic rings. The zero-order valence-electron chi connectivity index (χ0n) is 6.76. The van der Waals surface area contributed by atoms with Crippen molar-refractivity contribution in [3.05, 3.63) is 11.4 Å². The van der Waals surface area contributed by atoms with Gasteiger partial charge in [0.1, 0.15) is 0 Å². The first-order valence-electron chi connectivity index (χ1n) is 3.85. The van der Waals surface area contributed by atoms with Crippen LogP contribution < -0.4 is 11.1 Å². The molecular weight excluding hydrogens is 172 g/mol. The lowest BCUT2D eigenvalue weighted by molar-refractivity contribution is -0.116. The minimum atomic E-state index is -0.639. The van der Waals surface area contributed by atoms with Crippen molar-refractivity contribution < 1.29 is 9.59 Å². The molecule has 0 unspecified atom stereocenters. The van der Waals surface area contributed by atoms with Gasteiger partial charge in [-0.2, -0.15) is 5.10 Å². The molecule has 68 valence electrons. The molecule has 0 bridgehead atoms. The van der Waals surface area contributed by atoms with E-state index in [4.69, 9.17) is 5.73 Å². The molecule has 1 aromatic heterocycles. The van der Waals surface area contributed by atoms with Gasteiger partial charge in [0.15, 0.2) is 5.69 Å². The lowest BCUT2D eigenvalue weighted by Gasteiger charge is -2.11. The molecule has 4 N–H and O–H groups in total. The summed E-state index contributed by atoms with van der Waals surface area (Å²) >= 11 is 0. The lowest BCUT2D eigenvalue weighted by atomic mass is 10.1. The Kier molecular flexibility index (Phi) is 1.54. The summed E-state index contributed by atoms with van der Waals surface area (Å²) in [6.07, 6.45) is 0.981. The first-order chi connectivity index (χ1) is 6.18. The highest BCUT2D eigenvalue weighted by Crippen LogP contribution is 2.23. The smallest absolute Gasteiger partial charge is 0.271 e. The number of carbonyl (C=O) groups excluding carboxylic acids is 2. The van der Waals surface area contributed by atoms with E-state index in [1.54, 1.807) is 0 Å². The van der Waals surface area contributed by atoms with Crippen LogP contribution >= 0.6 is 0 Å². The van der Waals surface area contributed by atoms with Crippen LogP contribution in [-0.4, -0.2) is 22.0 Å². The SMILES string of the molecule is NC(=O)c1n[nH]c2c1NC(=O)CC2. The van der Waals surface area contributed by atoms with Crippen LogP contribution in [0.25, 0.3) is 0 Å². The van der Waals surface area contributed by atoms with E-state index < -0.39 is 5.91 Å². The maximum atomic E-state index is 11.0. The number of hydrogen-bond acceptors (Lipinski definition) is 3. The number of nitrogens with two attached hydrogens (primary N) is 1. The average molecular weight is 180 g/mol. The Hall–Kier alpha value is -1.85. The number of nitrogens with one attached hydrogen (secondary N) is 2. The van der Waals surface area contributed by atoms with Crippen LogP contribution in [0, 0.1) is 0 Å². The highest BCUT2D eigenvalue weighted by atomic mass is 16.2. The minimum Gasteiger partial charge on any atom is -0.364 e. The van der Waals surface area contributed by atoms with Crippen LogP contribution in [0.5, 0.6) is 0 Å². The first kappa shape index (κ1) is 7.78. The number of H-pyrrole nitrogens is 1. The van der Waals surface area contributed by atoms with Gasteiger partial charge in [0.25, 0.3) is 5.91 Å². The highest BCUT2D eigenvalue weighted by molar-refractivity contribution is 6.03. The predicted molar refractivity (Wildman–Crippen MR) is 44.1 cm³/mol. The summed E-state index contributed by atoms with van der Waals surface area (Å²) in [5, 5.41) is 8.94. The second-order valence-corrected chi connectivity index (χ2v) is 2.84. The van der Waals surface area contributed by atoms with Crippen molar-refractivity contribution in [2.24, 2.45) is 5.73 Å². The van der Waals surface area contributed by atoms with E-state index in [0.29, 0.717) is 18.5 Å². The number of fused-ring (bicyclic) bond motifs is 1. The first-order valence-corrected chi connectivity index (χ1v) is 3.85. The van der Waals surface area contributed by atoms with Crippen molar-refractivity contribution in [1.82, 2.24) is 10.2 Å². The third kappa shape index (κ3) is 1.16. The number of carbonyl (C=O) groups is 2. The molecule has 13 heavy (non-hydrogen) atoms. The Labute approximate surface area is 73.5 Å². The van der Waals surface area contributed by atoms with Gasteiger partial charge in [0, 0.05) is 6.42 Å². The molecule has 0 aliphatic carbocycles. The number of hydrogen-bond donors (Lipinski definition) is 3. The quantitative estimate of drug-likeness (QED) is 0.537. The molecule has 2 amide bonds. The Morgan fingerprint density at radius 1 is 1.46 bits per heavy atom. The van der Waals surface area contributed by atoms with Crippen molar-refractivity contribution in [3.63, 3.8) is 0 Å². The number of nitrogens with zero attached hydrogens (tertiary/aromatic N) is 1. The second kappa shape index (κ2) is 2.58. The fourth-order valence-electron chi connectivity index (χ4n) is 1.31. The molecule has 0 aromatic carbocycles. The second-order valence-electron chi connectivity index (χ2n) is 2.84.